The average Bonchev–Trinajstić information content (AvgIpc) is 2.61. The Morgan fingerprint density at radius 3 is 2.40 bits per heavy atom. The van der Waals surface area contributed by atoms with Crippen LogP contribution in [0, 0.1) is 6.92 Å². The number of hydrogen-bond acceptors (Lipinski definition) is 4. The van der Waals surface area contributed by atoms with Crippen LogP contribution in [-0.4, -0.2) is 42.9 Å². The number of carbonyl (C=O) groups excluding carboxylic acids is 2. The van der Waals surface area contributed by atoms with E-state index in [0.29, 0.717) is 53.7 Å². The summed E-state index contributed by atoms with van der Waals surface area (Å²) in [6, 6.07) is 9.93. The van der Waals surface area contributed by atoms with Gasteiger partial charge >= 0.3 is 0 Å². The quantitative estimate of drug-likeness (QED) is 0.676. The molecule has 0 spiro atoms. The summed E-state index contributed by atoms with van der Waals surface area (Å²) in [5, 5.41) is 0.317. The molecule has 130 valence electrons. The van der Waals surface area contributed by atoms with Crippen LogP contribution in [-0.2, 0) is 4.74 Å². The van der Waals surface area contributed by atoms with E-state index in [1.807, 2.05) is 6.92 Å². The van der Waals surface area contributed by atoms with E-state index >= 15 is 0 Å². The topological polar surface area (TPSA) is 72.6 Å². The number of nitrogen functional groups attached to an aromatic ring is 1. The molecule has 6 heteroatoms. The molecule has 25 heavy (non-hydrogen) atoms. The zero-order valence-corrected chi connectivity index (χ0v) is 14.7. The van der Waals surface area contributed by atoms with Crippen LogP contribution in [0.25, 0.3) is 0 Å². The fourth-order valence-electron chi connectivity index (χ4n) is 2.86. The van der Waals surface area contributed by atoms with Crippen molar-refractivity contribution in [2.75, 3.05) is 32.0 Å². The van der Waals surface area contributed by atoms with E-state index < -0.39 is 0 Å². The summed E-state index contributed by atoms with van der Waals surface area (Å²) in [5.41, 5.74) is 8.39. The number of ether oxygens (including phenoxy) is 1. The molecule has 2 aromatic carbocycles. The maximum Gasteiger partial charge on any atom is 0.254 e. The molecule has 0 saturated carbocycles. The van der Waals surface area contributed by atoms with Gasteiger partial charge in [-0.05, 0) is 48.9 Å². The molecule has 1 aliphatic heterocycles. The van der Waals surface area contributed by atoms with E-state index in [0.717, 1.165) is 5.56 Å². The molecule has 0 radical (unpaired) electrons. The van der Waals surface area contributed by atoms with Crippen LogP contribution in [0.4, 0.5) is 5.69 Å². The molecule has 2 aromatic rings. The van der Waals surface area contributed by atoms with Crippen molar-refractivity contribution in [3.63, 3.8) is 0 Å². The third-order valence-electron chi connectivity index (χ3n) is 4.25. The van der Waals surface area contributed by atoms with Crippen molar-refractivity contribution in [3.05, 3.63) is 63.7 Å². The van der Waals surface area contributed by atoms with Crippen LogP contribution in [0.1, 0.15) is 31.8 Å². The summed E-state index contributed by atoms with van der Waals surface area (Å²) in [6.07, 6.45) is 0. The Bertz CT molecular complexity index is 829. The second-order valence-electron chi connectivity index (χ2n) is 6.00. The first-order chi connectivity index (χ1) is 12.0. The lowest BCUT2D eigenvalue weighted by molar-refractivity contribution is 0.0303. The number of anilines is 1. The van der Waals surface area contributed by atoms with Crippen LogP contribution in [0.5, 0.6) is 0 Å². The number of halogens is 1. The maximum absolute atomic E-state index is 12.7. The predicted molar refractivity (Wildman–Crippen MR) is 97.2 cm³/mol. The second kappa shape index (κ2) is 7.25. The molecule has 0 unspecified atom stereocenters. The number of benzene rings is 2. The van der Waals surface area contributed by atoms with E-state index in [2.05, 4.69) is 0 Å². The average molecular weight is 359 g/mol. The largest absolute Gasteiger partial charge is 0.399 e. The van der Waals surface area contributed by atoms with Gasteiger partial charge in [0.25, 0.3) is 5.91 Å². The molecular formula is C19H19ClN2O3. The molecule has 1 saturated heterocycles. The van der Waals surface area contributed by atoms with E-state index in [1.165, 1.54) is 0 Å². The first kappa shape index (κ1) is 17.5. The second-order valence-corrected chi connectivity index (χ2v) is 6.41. The van der Waals surface area contributed by atoms with Gasteiger partial charge in [0.2, 0.25) is 0 Å². The van der Waals surface area contributed by atoms with Crippen LogP contribution in [0.3, 0.4) is 0 Å². The highest BCUT2D eigenvalue weighted by Gasteiger charge is 2.21. The minimum absolute atomic E-state index is 0.0454. The Labute approximate surface area is 151 Å². The van der Waals surface area contributed by atoms with E-state index in [-0.39, 0.29) is 11.7 Å². The zero-order chi connectivity index (χ0) is 18.0. The van der Waals surface area contributed by atoms with Gasteiger partial charge in [0, 0.05) is 35.5 Å². The Balaban J connectivity index is 1.86. The van der Waals surface area contributed by atoms with Gasteiger partial charge in [0.1, 0.15) is 0 Å². The van der Waals surface area contributed by atoms with Gasteiger partial charge in [0.15, 0.2) is 5.78 Å². The lowest BCUT2D eigenvalue weighted by atomic mass is 9.96. The molecule has 3 rings (SSSR count). The van der Waals surface area contributed by atoms with Gasteiger partial charge in [-0.1, -0.05) is 11.6 Å². The fraction of sp³-hybridized carbons (Fsp3) is 0.263. The van der Waals surface area contributed by atoms with Gasteiger partial charge in [0.05, 0.1) is 18.2 Å². The molecule has 0 aromatic heterocycles. The number of aryl methyl sites for hydroxylation is 1. The first-order valence-electron chi connectivity index (χ1n) is 8.05. The highest BCUT2D eigenvalue weighted by atomic mass is 35.5. The fourth-order valence-corrected chi connectivity index (χ4v) is 3.14. The molecule has 0 atom stereocenters. The third kappa shape index (κ3) is 3.67. The van der Waals surface area contributed by atoms with E-state index in [9.17, 15) is 9.59 Å². The zero-order valence-electron chi connectivity index (χ0n) is 13.9. The predicted octanol–water partition coefficient (Wildman–Crippen LogP) is 2.93. The summed E-state index contributed by atoms with van der Waals surface area (Å²) >= 11 is 6.14. The molecule has 1 amide bonds. The minimum atomic E-state index is -0.187. The van der Waals surface area contributed by atoms with Crippen LogP contribution < -0.4 is 5.73 Å². The number of rotatable bonds is 3. The molecular weight excluding hydrogens is 340 g/mol. The number of nitrogens with zero attached hydrogens (tertiary/aromatic N) is 1. The van der Waals surface area contributed by atoms with E-state index in [4.69, 9.17) is 22.1 Å². The molecule has 1 heterocycles. The third-order valence-corrected chi connectivity index (χ3v) is 4.57. The summed E-state index contributed by atoms with van der Waals surface area (Å²) in [4.78, 5) is 27.1. The first-order valence-corrected chi connectivity index (χ1v) is 8.42. The van der Waals surface area contributed by atoms with Gasteiger partial charge in [-0.2, -0.15) is 0 Å². The molecule has 0 aliphatic carbocycles. The molecule has 2 N–H and O–H groups in total. The van der Waals surface area contributed by atoms with Crippen molar-refractivity contribution in [1.29, 1.82) is 0 Å². The summed E-state index contributed by atoms with van der Waals surface area (Å²) < 4.78 is 5.27. The van der Waals surface area contributed by atoms with E-state index in [1.54, 1.807) is 41.3 Å². The number of morpholine rings is 1. The minimum Gasteiger partial charge on any atom is -0.399 e. The Kier molecular flexibility index (Phi) is 5.06. The Morgan fingerprint density at radius 1 is 1.08 bits per heavy atom. The van der Waals surface area contributed by atoms with Crippen molar-refractivity contribution in [2.45, 2.75) is 6.92 Å². The van der Waals surface area contributed by atoms with Crippen molar-refractivity contribution in [3.8, 4) is 0 Å². The number of amides is 1. The Hall–Kier alpha value is -2.37. The normalized spacial score (nSPS) is 14.4. The van der Waals surface area contributed by atoms with Crippen molar-refractivity contribution >= 4 is 29.0 Å². The van der Waals surface area contributed by atoms with Crippen LogP contribution in [0.2, 0.25) is 5.02 Å². The number of nitrogens with two attached hydrogens (primary N) is 1. The summed E-state index contributed by atoms with van der Waals surface area (Å²) in [5.74, 6) is -0.233. The van der Waals surface area contributed by atoms with Gasteiger partial charge in [-0.3, -0.25) is 9.59 Å². The highest BCUT2D eigenvalue weighted by Crippen LogP contribution is 2.24. The van der Waals surface area contributed by atoms with Crippen molar-refractivity contribution < 1.29 is 14.3 Å². The van der Waals surface area contributed by atoms with Crippen LogP contribution in [0.15, 0.2) is 36.4 Å². The summed E-state index contributed by atoms with van der Waals surface area (Å²) in [7, 11) is 0. The molecule has 5 nitrogen and oxygen atoms in total. The van der Waals surface area contributed by atoms with Crippen molar-refractivity contribution in [1.82, 2.24) is 4.90 Å². The number of hydrogen-bond donors (Lipinski definition) is 1. The maximum atomic E-state index is 12.7. The lowest BCUT2D eigenvalue weighted by Crippen LogP contribution is -2.40. The monoisotopic (exact) mass is 358 g/mol. The van der Waals surface area contributed by atoms with Gasteiger partial charge < -0.3 is 15.4 Å². The molecule has 1 aliphatic rings. The molecule has 1 fully saturated rings. The highest BCUT2D eigenvalue weighted by molar-refractivity contribution is 6.35. The number of carbonyl (C=O) groups is 2. The van der Waals surface area contributed by atoms with Crippen molar-refractivity contribution in [2.24, 2.45) is 0 Å². The van der Waals surface area contributed by atoms with Gasteiger partial charge in [-0.25, -0.2) is 0 Å². The smallest absolute Gasteiger partial charge is 0.254 e. The van der Waals surface area contributed by atoms with Crippen LogP contribution >= 0.6 is 11.6 Å². The SMILES string of the molecule is Cc1cc(C(=O)N2CCOCC2)ccc1C(=O)c1ccc(N)cc1Cl. The lowest BCUT2D eigenvalue weighted by Gasteiger charge is -2.27. The summed E-state index contributed by atoms with van der Waals surface area (Å²) in [6.45, 7) is 4.08. The standard InChI is InChI=1S/C19H19ClN2O3/c1-12-10-13(19(24)22-6-8-25-9-7-22)2-4-15(12)18(23)16-5-3-14(21)11-17(16)20/h2-5,10-11H,6-9,21H2,1H3. The number of ketones is 1. The molecule has 0 bridgehead atoms. The van der Waals surface area contributed by atoms with Gasteiger partial charge in [-0.15, -0.1) is 0 Å². The Morgan fingerprint density at radius 2 is 1.76 bits per heavy atom.